The number of hydrogen-bond donors (Lipinski definition) is 1. The number of aromatic nitrogens is 1. The van der Waals surface area contributed by atoms with Gasteiger partial charge in [-0.3, -0.25) is 4.98 Å². The fourth-order valence-electron chi connectivity index (χ4n) is 0.909. The molecule has 0 aliphatic heterocycles. The summed E-state index contributed by atoms with van der Waals surface area (Å²) in [6.45, 7) is 0. The van der Waals surface area contributed by atoms with Crippen molar-refractivity contribution < 1.29 is 0 Å². The van der Waals surface area contributed by atoms with Crippen LogP contribution < -0.4 is 5.32 Å². The number of pyridine rings is 1. The van der Waals surface area contributed by atoms with Crippen molar-refractivity contribution in [2.45, 2.75) is 6.04 Å². The number of nitrogens with one attached hydrogen (secondary N) is 1. The Kier molecular flexibility index (Phi) is 3.09. The van der Waals surface area contributed by atoms with E-state index in [-0.39, 0.29) is 6.04 Å². The van der Waals surface area contributed by atoms with Crippen LogP contribution in [-0.4, -0.2) is 12.0 Å². The van der Waals surface area contributed by atoms with Gasteiger partial charge in [0.1, 0.15) is 6.04 Å². The molecule has 62 valence electrons. The maximum Gasteiger partial charge on any atom is 0.113 e. The quantitative estimate of drug-likeness (QED) is 0.700. The lowest BCUT2D eigenvalue weighted by atomic mass is 10.2. The molecule has 0 saturated heterocycles. The zero-order chi connectivity index (χ0) is 8.97. The number of halogens is 1. The highest BCUT2D eigenvalue weighted by molar-refractivity contribution is 6.31. The van der Waals surface area contributed by atoms with Gasteiger partial charge < -0.3 is 5.32 Å². The van der Waals surface area contributed by atoms with Crippen molar-refractivity contribution >= 4 is 11.6 Å². The van der Waals surface area contributed by atoms with Crippen molar-refractivity contribution in [2.24, 2.45) is 0 Å². The first-order chi connectivity index (χ1) is 5.79. The Morgan fingerprint density at radius 3 is 3.00 bits per heavy atom. The van der Waals surface area contributed by atoms with E-state index < -0.39 is 0 Å². The summed E-state index contributed by atoms with van der Waals surface area (Å²) in [5.74, 6) is 2.55. The second kappa shape index (κ2) is 4.10. The molecule has 0 bridgehead atoms. The van der Waals surface area contributed by atoms with Gasteiger partial charge in [0.2, 0.25) is 0 Å². The van der Waals surface area contributed by atoms with Crippen LogP contribution in [0.15, 0.2) is 18.3 Å². The second-order valence-corrected chi connectivity index (χ2v) is 2.67. The first kappa shape index (κ1) is 9.05. The van der Waals surface area contributed by atoms with Crippen LogP contribution in [0.5, 0.6) is 0 Å². The Labute approximate surface area is 77.0 Å². The van der Waals surface area contributed by atoms with Crippen LogP contribution in [0.3, 0.4) is 0 Å². The van der Waals surface area contributed by atoms with Crippen molar-refractivity contribution in [2.75, 3.05) is 7.05 Å². The fraction of sp³-hybridized carbons (Fsp3) is 0.222. The zero-order valence-electron chi connectivity index (χ0n) is 6.71. The summed E-state index contributed by atoms with van der Waals surface area (Å²) in [7, 11) is 1.77. The molecule has 0 aliphatic rings. The van der Waals surface area contributed by atoms with Crippen LogP contribution in [0.1, 0.15) is 11.7 Å². The van der Waals surface area contributed by atoms with Gasteiger partial charge >= 0.3 is 0 Å². The van der Waals surface area contributed by atoms with Crippen LogP contribution in [0.4, 0.5) is 0 Å². The van der Waals surface area contributed by atoms with Crippen LogP contribution in [0.2, 0.25) is 5.02 Å². The molecule has 0 spiro atoms. The van der Waals surface area contributed by atoms with E-state index in [9.17, 15) is 0 Å². The minimum atomic E-state index is -0.210. The molecule has 1 atom stereocenters. The molecule has 1 N–H and O–H groups in total. The minimum Gasteiger partial charge on any atom is -0.302 e. The third-order valence-electron chi connectivity index (χ3n) is 1.52. The third kappa shape index (κ3) is 1.76. The molecule has 1 aromatic rings. The predicted molar refractivity (Wildman–Crippen MR) is 49.9 cm³/mol. The van der Waals surface area contributed by atoms with Gasteiger partial charge in [-0.1, -0.05) is 17.5 Å². The average Bonchev–Trinajstić information content (AvgIpc) is 2.10. The van der Waals surface area contributed by atoms with E-state index in [1.807, 2.05) is 0 Å². The molecule has 1 unspecified atom stereocenters. The Balaban J connectivity index is 3.02. The van der Waals surface area contributed by atoms with Crippen LogP contribution in [0, 0.1) is 12.3 Å². The van der Waals surface area contributed by atoms with Gasteiger partial charge in [0, 0.05) is 6.20 Å². The molecule has 12 heavy (non-hydrogen) atoms. The summed E-state index contributed by atoms with van der Waals surface area (Å²) in [6, 6.07) is 3.33. The summed E-state index contributed by atoms with van der Waals surface area (Å²) < 4.78 is 0. The minimum absolute atomic E-state index is 0.210. The van der Waals surface area contributed by atoms with Gasteiger partial charge in [0.15, 0.2) is 0 Å². The van der Waals surface area contributed by atoms with E-state index >= 15 is 0 Å². The molecule has 0 aromatic carbocycles. The highest BCUT2D eigenvalue weighted by Crippen LogP contribution is 2.18. The molecule has 0 aliphatic carbocycles. The van der Waals surface area contributed by atoms with Gasteiger partial charge in [-0.25, -0.2) is 0 Å². The van der Waals surface area contributed by atoms with E-state index in [4.69, 9.17) is 18.0 Å². The van der Waals surface area contributed by atoms with Gasteiger partial charge in [-0.15, -0.1) is 6.42 Å². The van der Waals surface area contributed by atoms with Crippen molar-refractivity contribution in [1.29, 1.82) is 0 Å². The lowest BCUT2D eigenvalue weighted by molar-refractivity contribution is 0.714. The van der Waals surface area contributed by atoms with E-state index in [0.717, 1.165) is 0 Å². The lowest BCUT2D eigenvalue weighted by Crippen LogP contribution is -2.15. The molecule has 1 heterocycles. The number of hydrogen-bond acceptors (Lipinski definition) is 2. The predicted octanol–water partition coefficient (Wildman–Crippen LogP) is 1.63. The highest BCUT2D eigenvalue weighted by atomic mass is 35.5. The highest BCUT2D eigenvalue weighted by Gasteiger charge is 2.09. The summed E-state index contributed by atoms with van der Waals surface area (Å²) in [4.78, 5) is 4.08. The van der Waals surface area contributed by atoms with Crippen molar-refractivity contribution in [3.05, 3.63) is 29.0 Å². The molecular formula is C9H9ClN2. The summed E-state index contributed by atoms with van der Waals surface area (Å²) in [5, 5.41) is 3.52. The Morgan fingerprint density at radius 2 is 2.50 bits per heavy atom. The standard InChI is InChI=1S/C9H9ClN2/c1-3-8(11-2)9-7(10)5-4-6-12-9/h1,4-6,8,11H,2H3. The summed E-state index contributed by atoms with van der Waals surface area (Å²) in [5.41, 5.74) is 0.698. The largest absolute Gasteiger partial charge is 0.302 e. The number of nitrogens with zero attached hydrogens (tertiary/aromatic N) is 1. The molecule has 1 rings (SSSR count). The monoisotopic (exact) mass is 180 g/mol. The topological polar surface area (TPSA) is 24.9 Å². The zero-order valence-corrected chi connectivity index (χ0v) is 7.47. The van der Waals surface area contributed by atoms with Crippen LogP contribution in [0.25, 0.3) is 0 Å². The normalized spacial score (nSPS) is 12.1. The first-order valence-electron chi connectivity index (χ1n) is 3.53. The molecule has 1 aromatic heterocycles. The van der Waals surface area contributed by atoms with Gasteiger partial charge in [0.25, 0.3) is 0 Å². The van der Waals surface area contributed by atoms with Gasteiger partial charge in [0.05, 0.1) is 10.7 Å². The van der Waals surface area contributed by atoms with Crippen LogP contribution in [-0.2, 0) is 0 Å². The molecule has 0 saturated carbocycles. The Bertz CT molecular complexity index is 304. The number of terminal acetylenes is 1. The van der Waals surface area contributed by atoms with E-state index in [1.165, 1.54) is 0 Å². The molecule has 2 nitrogen and oxygen atoms in total. The SMILES string of the molecule is C#CC(NC)c1ncccc1Cl. The molecule has 0 radical (unpaired) electrons. The van der Waals surface area contributed by atoms with Crippen molar-refractivity contribution in [1.82, 2.24) is 10.3 Å². The lowest BCUT2D eigenvalue weighted by Gasteiger charge is -2.09. The summed E-state index contributed by atoms with van der Waals surface area (Å²) >= 11 is 5.88. The fourth-order valence-corrected chi connectivity index (χ4v) is 1.14. The van der Waals surface area contributed by atoms with Crippen molar-refractivity contribution in [3.8, 4) is 12.3 Å². The molecular weight excluding hydrogens is 172 g/mol. The maximum absolute atomic E-state index is 5.88. The maximum atomic E-state index is 5.88. The molecule has 0 amide bonds. The summed E-state index contributed by atoms with van der Waals surface area (Å²) in [6.07, 6.45) is 6.94. The van der Waals surface area contributed by atoms with Crippen molar-refractivity contribution in [3.63, 3.8) is 0 Å². The van der Waals surface area contributed by atoms with Gasteiger partial charge in [-0.2, -0.15) is 0 Å². The van der Waals surface area contributed by atoms with E-state index in [2.05, 4.69) is 16.2 Å². The van der Waals surface area contributed by atoms with E-state index in [0.29, 0.717) is 10.7 Å². The Hall–Kier alpha value is -1.04. The molecule has 0 fully saturated rings. The smallest absolute Gasteiger partial charge is 0.113 e. The Morgan fingerprint density at radius 1 is 1.75 bits per heavy atom. The molecule has 3 heteroatoms. The number of rotatable bonds is 2. The van der Waals surface area contributed by atoms with Crippen LogP contribution >= 0.6 is 11.6 Å². The third-order valence-corrected chi connectivity index (χ3v) is 1.84. The van der Waals surface area contributed by atoms with Gasteiger partial charge in [-0.05, 0) is 19.2 Å². The second-order valence-electron chi connectivity index (χ2n) is 2.26. The average molecular weight is 181 g/mol. The first-order valence-corrected chi connectivity index (χ1v) is 3.91. The van der Waals surface area contributed by atoms with E-state index in [1.54, 1.807) is 25.4 Å².